The highest BCUT2D eigenvalue weighted by molar-refractivity contribution is 9.10. The number of halogens is 1. The molecule has 2 heterocycles. The zero-order chi connectivity index (χ0) is 13.3. The first-order valence-corrected chi connectivity index (χ1v) is 7.50. The third kappa shape index (κ3) is 2.94. The van der Waals surface area contributed by atoms with Gasteiger partial charge in [0.2, 0.25) is 0 Å². The van der Waals surface area contributed by atoms with Crippen LogP contribution >= 0.6 is 15.9 Å². The molecule has 2 saturated heterocycles. The predicted octanol–water partition coefficient (Wildman–Crippen LogP) is 2.37. The molecule has 1 spiro atoms. The fourth-order valence-electron chi connectivity index (χ4n) is 2.79. The Hall–Kier alpha value is -0.620. The Labute approximate surface area is 122 Å². The minimum absolute atomic E-state index is 0.282. The topological polar surface area (TPSA) is 47.7 Å². The number of nitrogen functional groups attached to an aromatic ring is 1. The van der Waals surface area contributed by atoms with Crippen LogP contribution in [0.3, 0.4) is 0 Å². The van der Waals surface area contributed by atoms with Crippen molar-refractivity contribution < 1.29 is 9.47 Å². The van der Waals surface area contributed by atoms with Crippen LogP contribution in [0.15, 0.2) is 22.7 Å². The lowest BCUT2D eigenvalue weighted by Crippen LogP contribution is -2.44. The van der Waals surface area contributed by atoms with E-state index in [1.807, 2.05) is 12.1 Å². The monoisotopic (exact) mass is 326 g/mol. The van der Waals surface area contributed by atoms with Crippen LogP contribution in [-0.2, 0) is 16.0 Å². The van der Waals surface area contributed by atoms with Crippen molar-refractivity contribution in [1.82, 2.24) is 4.90 Å². The number of piperidine rings is 1. The van der Waals surface area contributed by atoms with Crippen LogP contribution in [0.25, 0.3) is 0 Å². The number of ether oxygens (including phenoxy) is 2. The Balaban J connectivity index is 1.58. The molecule has 0 saturated carbocycles. The van der Waals surface area contributed by atoms with Crippen LogP contribution in [-0.4, -0.2) is 37.0 Å². The lowest BCUT2D eigenvalue weighted by atomic mass is 10.0. The van der Waals surface area contributed by atoms with E-state index in [2.05, 4.69) is 26.9 Å². The molecule has 0 bridgehead atoms. The van der Waals surface area contributed by atoms with Crippen LogP contribution in [0, 0.1) is 0 Å². The standard InChI is InChI=1S/C14H19BrN2O2/c15-12-2-1-11(9-13(12)16)10-17-5-3-14(4-6-17)18-7-8-19-14/h1-2,9H,3-8,10,16H2. The van der Waals surface area contributed by atoms with E-state index in [0.717, 1.165) is 55.8 Å². The number of hydrogen-bond donors (Lipinski definition) is 1. The predicted molar refractivity (Wildman–Crippen MR) is 77.7 cm³/mol. The molecule has 19 heavy (non-hydrogen) atoms. The van der Waals surface area contributed by atoms with Gasteiger partial charge in [-0.1, -0.05) is 6.07 Å². The van der Waals surface area contributed by atoms with Gasteiger partial charge in [0.1, 0.15) is 0 Å². The number of hydrogen-bond acceptors (Lipinski definition) is 4. The molecule has 0 atom stereocenters. The zero-order valence-electron chi connectivity index (χ0n) is 10.9. The zero-order valence-corrected chi connectivity index (χ0v) is 12.5. The normalized spacial score (nSPS) is 23.0. The van der Waals surface area contributed by atoms with Crippen LogP contribution < -0.4 is 5.73 Å². The minimum atomic E-state index is -0.282. The summed E-state index contributed by atoms with van der Waals surface area (Å²) in [5.41, 5.74) is 7.97. The molecule has 1 aromatic carbocycles. The molecule has 0 radical (unpaired) electrons. The molecule has 2 aliphatic heterocycles. The maximum atomic E-state index is 5.91. The fraction of sp³-hybridized carbons (Fsp3) is 0.571. The van der Waals surface area contributed by atoms with Gasteiger partial charge < -0.3 is 15.2 Å². The molecule has 0 unspecified atom stereocenters. The van der Waals surface area contributed by atoms with Crippen molar-refractivity contribution in [2.75, 3.05) is 32.0 Å². The first-order chi connectivity index (χ1) is 9.17. The summed E-state index contributed by atoms with van der Waals surface area (Å²) in [6, 6.07) is 6.17. The van der Waals surface area contributed by atoms with Crippen molar-refractivity contribution >= 4 is 21.6 Å². The third-order valence-corrected chi connectivity index (χ3v) is 4.62. The van der Waals surface area contributed by atoms with Gasteiger partial charge in [0, 0.05) is 42.6 Å². The van der Waals surface area contributed by atoms with E-state index < -0.39 is 0 Å². The number of rotatable bonds is 2. The molecular weight excluding hydrogens is 308 g/mol. The molecule has 104 valence electrons. The van der Waals surface area contributed by atoms with E-state index in [4.69, 9.17) is 15.2 Å². The van der Waals surface area contributed by atoms with Crippen LogP contribution in [0.2, 0.25) is 0 Å². The van der Waals surface area contributed by atoms with Gasteiger partial charge in [-0.2, -0.15) is 0 Å². The van der Waals surface area contributed by atoms with E-state index in [1.54, 1.807) is 0 Å². The Kier molecular flexibility index (Phi) is 3.80. The maximum absolute atomic E-state index is 5.91. The van der Waals surface area contributed by atoms with Crippen molar-refractivity contribution in [2.24, 2.45) is 0 Å². The molecule has 2 aliphatic rings. The molecule has 2 N–H and O–H groups in total. The second-order valence-corrected chi connectivity index (χ2v) is 6.09. The van der Waals surface area contributed by atoms with E-state index >= 15 is 0 Å². The molecule has 1 aromatic rings. The summed E-state index contributed by atoms with van der Waals surface area (Å²) < 4.78 is 12.4. The summed E-state index contributed by atoms with van der Waals surface area (Å²) in [5, 5.41) is 0. The summed E-state index contributed by atoms with van der Waals surface area (Å²) in [4.78, 5) is 2.43. The van der Waals surface area contributed by atoms with Crippen molar-refractivity contribution in [3.8, 4) is 0 Å². The fourth-order valence-corrected chi connectivity index (χ4v) is 3.03. The molecular formula is C14H19BrN2O2. The van der Waals surface area contributed by atoms with Gasteiger partial charge in [0.15, 0.2) is 5.79 Å². The number of nitrogens with zero attached hydrogens (tertiary/aromatic N) is 1. The summed E-state index contributed by atoms with van der Waals surface area (Å²) in [7, 11) is 0. The molecule has 4 nitrogen and oxygen atoms in total. The minimum Gasteiger partial charge on any atom is -0.398 e. The van der Waals surface area contributed by atoms with E-state index in [9.17, 15) is 0 Å². The van der Waals surface area contributed by atoms with E-state index in [1.165, 1.54) is 5.56 Å². The van der Waals surface area contributed by atoms with Crippen LogP contribution in [0.5, 0.6) is 0 Å². The van der Waals surface area contributed by atoms with Gasteiger partial charge in [-0.15, -0.1) is 0 Å². The molecule has 2 fully saturated rings. The van der Waals surface area contributed by atoms with Crippen LogP contribution in [0.4, 0.5) is 5.69 Å². The highest BCUT2D eigenvalue weighted by Gasteiger charge is 2.39. The van der Waals surface area contributed by atoms with Gasteiger partial charge in [-0.3, -0.25) is 4.90 Å². The molecule has 3 rings (SSSR count). The number of benzene rings is 1. The van der Waals surface area contributed by atoms with Gasteiger partial charge in [0.25, 0.3) is 0 Å². The third-order valence-electron chi connectivity index (χ3n) is 3.90. The van der Waals surface area contributed by atoms with Gasteiger partial charge in [-0.25, -0.2) is 0 Å². The summed E-state index contributed by atoms with van der Waals surface area (Å²) >= 11 is 3.42. The average Bonchev–Trinajstić information content (AvgIpc) is 2.86. The largest absolute Gasteiger partial charge is 0.398 e. The van der Waals surface area contributed by atoms with Gasteiger partial charge in [0.05, 0.1) is 13.2 Å². The van der Waals surface area contributed by atoms with Crippen molar-refractivity contribution in [2.45, 2.75) is 25.2 Å². The quantitative estimate of drug-likeness (QED) is 0.847. The highest BCUT2D eigenvalue weighted by atomic mass is 79.9. The van der Waals surface area contributed by atoms with E-state index in [-0.39, 0.29) is 5.79 Å². The van der Waals surface area contributed by atoms with E-state index in [0.29, 0.717) is 0 Å². The second kappa shape index (κ2) is 5.40. The van der Waals surface area contributed by atoms with Gasteiger partial charge in [-0.05, 0) is 33.6 Å². The maximum Gasteiger partial charge on any atom is 0.170 e. The van der Waals surface area contributed by atoms with Gasteiger partial charge >= 0.3 is 0 Å². The van der Waals surface area contributed by atoms with Crippen molar-refractivity contribution in [3.05, 3.63) is 28.2 Å². The first kappa shape index (κ1) is 13.4. The average molecular weight is 327 g/mol. The molecule has 5 heteroatoms. The van der Waals surface area contributed by atoms with Crippen molar-refractivity contribution in [1.29, 1.82) is 0 Å². The molecule has 0 aromatic heterocycles. The Bertz CT molecular complexity index is 451. The first-order valence-electron chi connectivity index (χ1n) is 6.71. The second-order valence-electron chi connectivity index (χ2n) is 5.24. The summed E-state index contributed by atoms with van der Waals surface area (Å²) in [6.45, 7) is 4.44. The lowest BCUT2D eigenvalue weighted by molar-refractivity contribution is -0.185. The number of nitrogens with two attached hydrogens (primary N) is 1. The molecule has 0 aliphatic carbocycles. The number of likely N-dealkylation sites (tertiary alicyclic amines) is 1. The highest BCUT2D eigenvalue weighted by Crippen LogP contribution is 2.32. The SMILES string of the molecule is Nc1cc(CN2CCC3(CC2)OCCO3)ccc1Br. The Morgan fingerprint density at radius 2 is 1.89 bits per heavy atom. The number of anilines is 1. The summed E-state index contributed by atoms with van der Waals surface area (Å²) in [6.07, 6.45) is 1.91. The molecule has 0 amide bonds. The summed E-state index contributed by atoms with van der Waals surface area (Å²) in [5.74, 6) is -0.282. The Morgan fingerprint density at radius 1 is 1.21 bits per heavy atom. The van der Waals surface area contributed by atoms with Crippen molar-refractivity contribution in [3.63, 3.8) is 0 Å². The lowest BCUT2D eigenvalue weighted by Gasteiger charge is -2.37. The van der Waals surface area contributed by atoms with Crippen LogP contribution in [0.1, 0.15) is 18.4 Å². The Morgan fingerprint density at radius 3 is 2.53 bits per heavy atom. The smallest absolute Gasteiger partial charge is 0.170 e.